The Bertz CT molecular complexity index is 1220. The number of nitrogens with zero attached hydrogens (tertiary/aromatic N) is 8. The van der Waals surface area contributed by atoms with Crippen LogP contribution in [0.5, 0.6) is 11.5 Å². The van der Waals surface area contributed by atoms with Crippen molar-refractivity contribution in [1.29, 1.82) is 0 Å². The van der Waals surface area contributed by atoms with Gasteiger partial charge in [-0.25, -0.2) is 19.9 Å². The first kappa shape index (κ1) is 22.8. The quantitative estimate of drug-likeness (QED) is 0.534. The van der Waals surface area contributed by atoms with Crippen molar-refractivity contribution < 1.29 is 9.47 Å². The monoisotopic (exact) mass is 488 g/mol. The van der Waals surface area contributed by atoms with Crippen LogP contribution >= 0.6 is 0 Å². The van der Waals surface area contributed by atoms with Gasteiger partial charge in [-0.3, -0.25) is 0 Å². The zero-order valence-corrected chi connectivity index (χ0v) is 20.9. The van der Waals surface area contributed by atoms with Gasteiger partial charge in [-0.15, -0.1) is 0 Å². The molecule has 3 aliphatic heterocycles. The third-order valence-electron chi connectivity index (χ3n) is 7.27. The summed E-state index contributed by atoms with van der Waals surface area (Å²) in [5.74, 6) is 3.18. The van der Waals surface area contributed by atoms with Crippen LogP contribution in [0, 0.1) is 6.92 Å². The summed E-state index contributed by atoms with van der Waals surface area (Å²) in [4.78, 5) is 28.3. The number of aryl methyl sites for hydroxylation is 1. The number of likely N-dealkylation sites (N-methyl/N-ethyl adjacent to an activating group) is 1. The van der Waals surface area contributed by atoms with Gasteiger partial charge in [0.1, 0.15) is 0 Å². The molecule has 36 heavy (non-hydrogen) atoms. The Balaban J connectivity index is 1.13. The lowest BCUT2D eigenvalue weighted by molar-refractivity contribution is 0.174. The van der Waals surface area contributed by atoms with E-state index in [2.05, 4.69) is 43.6 Å². The smallest absolute Gasteiger partial charge is 0.231 e. The maximum atomic E-state index is 5.54. The highest BCUT2D eigenvalue weighted by atomic mass is 16.7. The molecule has 0 N–H and O–H groups in total. The van der Waals surface area contributed by atoms with Crippen LogP contribution < -0.4 is 24.2 Å². The predicted octanol–water partition coefficient (Wildman–Crippen LogP) is 2.44. The van der Waals surface area contributed by atoms with Crippen molar-refractivity contribution in [1.82, 2.24) is 24.8 Å². The van der Waals surface area contributed by atoms with Crippen LogP contribution in [0.15, 0.2) is 36.7 Å². The van der Waals surface area contributed by atoms with Crippen molar-refractivity contribution in [3.05, 3.63) is 42.4 Å². The molecule has 0 saturated carbocycles. The van der Waals surface area contributed by atoms with Crippen molar-refractivity contribution in [3.63, 3.8) is 0 Å². The fourth-order valence-corrected chi connectivity index (χ4v) is 5.02. The van der Waals surface area contributed by atoms with Crippen molar-refractivity contribution in [2.75, 3.05) is 80.4 Å². The molecule has 1 aromatic carbocycles. The molecule has 0 amide bonds. The average molecular weight is 489 g/mol. The van der Waals surface area contributed by atoms with Gasteiger partial charge in [0.25, 0.3) is 0 Å². The summed E-state index contributed by atoms with van der Waals surface area (Å²) < 4.78 is 11.0. The lowest BCUT2D eigenvalue weighted by Gasteiger charge is -2.36. The fraction of sp³-hybridized carbons (Fsp3) is 0.462. The number of hydrogen-bond acceptors (Lipinski definition) is 10. The molecule has 5 heterocycles. The van der Waals surface area contributed by atoms with E-state index in [4.69, 9.17) is 24.4 Å². The van der Waals surface area contributed by atoms with Gasteiger partial charge in [0.2, 0.25) is 18.7 Å². The largest absolute Gasteiger partial charge is 0.454 e. The Labute approximate surface area is 211 Å². The summed E-state index contributed by atoms with van der Waals surface area (Å²) >= 11 is 0. The van der Waals surface area contributed by atoms with Gasteiger partial charge >= 0.3 is 0 Å². The molecule has 0 spiro atoms. The number of rotatable bonds is 5. The molecule has 2 aromatic heterocycles. The minimum absolute atomic E-state index is 0.295. The number of ether oxygens (including phenoxy) is 2. The van der Waals surface area contributed by atoms with E-state index in [1.807, 2.05) is 31.5 Å². The summed E-state index contributed by atoms with van der Waals surface area (Å²) in [6.45, 7) is 13.1. The standard InChI is InChI=1S/C26H32N8O2/c1-3-31-8-10-33(11-9-31)26-28-17-21(19(2)29-26)22-6-7-27-25(30-22)34-14-12-32(13-15-34)20-4-5-23-24(16-20)36-18-35-23/h4-7,16-17H,3,8-15,18H2,1-2H3. The number of anilines is 3. The maximum absolute atomic E-state index is 5.54. The van der Waals surface area contributed by atoms with Gasteiger partial charge in [-0.2, -0.15) is 0 Å². The molecule has 0 unspecified atom stereocenters. The van der Waals surface area contributed by atoms with Crippen molar-refractivity contribution >= 4 is 17.6 Å². The molecule has 0 radical (unpaired) electrons. The van der Waals surface area contributed by atoms with E-state index in [1.165, 1.54) is 0 Å². The molecule has 10 nitrogen and oxygen atoms in total. The Morgan fingerprint density at radius 1 is 0.778 bits per heavy atom. The topological polar surface area (TPSA) is 83.0 Å². The van der Waals surface area contributed by atoms with Crippen LogP contribution in [0.2, 0.25) is 0 Å². The SMILES string of the molecule is CCN1CCN(c2ncc(-c3ccnc(N4CCN(c5ccc6c(c5)OCO6)CC4)n3)c(C)n2)CC1. The Morgan fingerprint density at radius 2 is 1.47 bits per heavy atom. The molecule has 2 saturated heterocycles. The highest BCUT2D eigenvalue weighted by molar-refractivity contribution is 5.63. The normalized spacial score (nSPS) is 18.1. The fourth-order valence-electron chi connectivity index (χ4n) is 5.02. The van der Waals surface area contributed by atoms with Crippen LogP contribution in [0.1, 0.15) is 12.6 Å². The van der Waals surface area contributed by atoms with E-state index in [9.17, 15) is 0 Å². The van der Waals surface area contributed by atoms with Gasteiger partial charge in [0.15, 0.2) is 11.5 Å². The molecule has 2 fully saturated rings. The zero-order valence-electron chi connectivity index (χ0n) is 20.9. The van der Waals surface area contributed by atoms with Gasteiger partial charge in [0, 0.05) is 82.1 Å². The highest BCUT2D eigenvalue weighted by Gasteiger charge is 2.23. The molecule has 10 heteroatoms. The molecule has 6 rings (SSSR count). The van der Waals surface area contributed by atoms with Gasteiger partial charge in [0.05, 0.1) is 11.4 Å². The molecular weight excluding hydrogens is 456 g/mol. The average Bonchev–Trinajstić information content (AvgIpc) is 3.41. The highest BCUT2D eigenvalue weighted by Crippen LogP contribution is 2.36. The van der Waals surface area contributed by atoms with Crippen molar-refractivity contribution in [2.45, 2.75) is 13.8 Å². The summed E-state index contributed by atoms with van der Waals surface area (Å²) in [6, 6.07) is 8.08. The number of aromatic nitrogens is 4. The first-order valence-electron chi connectivity index (χ1n) is 12.7. The summed E-state index contributed by atoms with van der Waals surface area (Å²) in [7, 11) is 0. The van der Waals surface area contributed by atoms with Gasteiger partial charge in [-0.1, -0.05) is 6.92 Å². The molecule has 3 aliphatic rings. The molecule has 0 bridgehead atoms. The second kappa shape index (κ2) is 9.77. The van der Waals surface area contributed by atoms with Crippen LogP contribution in [0.25, 0.3) is 11.3 Å². The van der Waals surface area contributed by atoms with Gasteiger partial charge < -0.3 is 29.1 Å². The summed E-state index contributed by atoms with van der Waals surface area (Å²) in [6.07, 6.45) is 3.74. The van der Waals surface area contributed by atoms with E-state index in [0.717, 1.165) is 105 Å². The van der Waals surface area contributed by atoms with E-state index in [0.29, 0.717) is 6.79 Å². The number of hydrogen-bond donors (Lipinski definition) is 0. The predicted molar refractivity (Wildman–Crippen MR) is 139 cm³/mol. The molecule has 3 aromatic rings. The summed E-state index contributed by atoms with van der Waals surface area (Å²) in [5, 5.41) is 0. The maximum Gasteiger partial charge on any atom is 0.231 e. The van der Waals surface area contributed by atoms with E-state index >= 15 is 0 Å². The third-order valence-corrected chi connectivity index (χ3v) is 7.27. The lowest BCUT2D eigenvalue weighted by atomic mass is 10.1. The number of piperazine rings is 2. The van der Waals surface area contributed by atoms with Crippen molar-refractivity contribution in [2.24, 2.45) is 0 Å². The van der Waals surface area contributed by atoms with Crippen LogP contribution in [0.4, 0.5) is 17.6 Å². The van der Waals surface area contributed by atoms with Crippen molar-refractivity contribution in [3.8, 4) is 22.8 Å². The first-order chi connectivity index (χ1) is 17.7. The minimum atomic E-state index is 0.295. The Hall–Kier alpha value is -3.66. The molecule has 0 aliphatic carbocycles. The second-order valence-corrected chi connectivity index (χ2v) is 9.34. The van der Waals surface area contributed by atoms with Gasteiger partial charge in [-0.05, 0) is 31.7 Å². The molecule has 0 atom stereocenters. The van der Waals surface area contributed by atoms with Crippen LogP contribution in [-0.2, 0) is 0 Å². The molecule has 188 valence electrons. The Kier molecular flexibility index (Phi) is 6.18. The van der Waals surface area contributed by atoms with Crippen LogP contribution in [0.3, 0.4) is 0 Å². The number of fused-ring (bicyclic) bond motifs is 1. The first-order valence-corrected chi connectivity index (χ1v) is 12.7. The van der Waals surface area contributed by atoms with E-state index < -0.39 is 0 Å². The lowest BCUT2D eigenvalue weighted by Crippen LogP contribution is -2.47. The second-order valence-electron chi connectivity index (χ2n) is 9.34. The number of benzene rings is 1. The third kappa shape index (κ3) is 4.48. The zero-order chi connectivity index (χ0) is 24.5. The summed E-state index contributed by atoms with van der Waals surface area (Å²) in [5.41, 5.74) is 3.90. The van der Waals surface area contributed by atoms with E-state index in [-0.39, 0.29) is 0 Å². The van der Waals surface area contributed by atoms with Crippen LogP contribution in [-0.4, -0.2) is 90.5 Å². The minimum Gasteiger partial charge on any atom is -0.454 e. The Morgan fingerprint density at radius 3 is 2.22 bits per heavy atom. The molecular formula is C26H32N8O2. The van der Waals surface area contributed by atoms with E-state index in [1.54, 1.807) is 0 Å².